The average Bonchev–Trinajstić information content (AvgIpc) is 2.41. The number of anilines is 1. The van der Waals surface area contributed by atoms with E-state index in [9.17, 15) is 5.11 Å². The summed E-state index contributed by atoms with van der Waals surface area (Å²) in [5.41, 5.74) is -0.338. The van der Waals surface area contributed by atoms with Gasteiger partial charge in [0.2, 0.25) is 5.95 Å². The Bertz CT molecular complexity index is 447. The number of nitrogens with zero attached hydrogens (tertiary/aromatic N) is 3. The van der Waals surface area contributed by atoms with Crippen LogP contribution in [0.1, 0.15) is 38.3 Å². The Kier molecular flexibility index (Phi) is 3.78. The summed E-state index contributed by atoms with van der Waals surface area (Å²) in [4.78, 5) is 8.06. The largest absolute Gasteiger partial charge is 0.388 e. The Morgan fingerprint density at radius 1 is 1.56 bits per heavy atom. The molecule has 0 radical (unpaired) electrons. The topological polar surface area (TPSA) is 81.8 Å². The van der Waals surface area contributed by atoms with Gasteiger partial charge in [-0.1, -0.05) is 6.92 Å². The molecule has 1 aliphatic rings. The van der Waals surface area contributed by atoms with E-state index in [1.165, 1.54) is 0 Å². The molecule has 0 bridgehead atoms. The van der Waals surface area contributed by atoms with E-state index in [-0.39, 0.29) is 0 Å². The highest BCUT2D eigenvalue weighted by atomic mass is 16.3. The molecule has 5 heteroatoms. The minimum atomic E-state index is -0.668. The fraction of sp³-hybridized carbons (Fsp3) is 0.615. The van der Waals surface area contributed by atoms with Gasteiger partial charge in [0, 0.05) is 12.7 Å². The molecular formula is C13H18N4O. The van der Waals surface area contributed by atoms with Gasteiger partial charge in [-0.2, -0.15) is 5.26 Å². The molecule has 1 heterocycles. The number of nitrogens with one attached hydrogen (secondary N) is 1. The number of aromatic nitrogens is 2. The lowest BCUT2D eigenvalue weighted by Gasteiger charge is -2.34. The van der Waals surface area contributed by atoms with Crippen molar-refractivity contribution in [2.45, 2.75) is 38.2 Å². The van der Waals surface area contributed by atoms with Crippen LogP contribution in [-0.2, 0) is 0 Å². The van der Waals surface area contributed by atoms with Gasteiger partial charge in [0.05, 0.1) is 5.60 Å². The second-order valence-electron chi connectivity index (χ2n) is 5.14. The predicted molar refractivity (Wildman–Crippen MR) is 67.8 cm³/mol. The third kappa shape index (κ3) is 3.17. The fourth-order valence-corrected chi connectivity index (χ4v) is 2.23. The van der Waals surface area contributed by atoms with Crippen LogP contribution in [0.15, 0.2) is 12.3 Å². The van der Waals surface area contributed by atoms with Crippen LogP contribution in [0.4, 0.5) is 5.95 Å². The molecule has 18 heavy (non-hydrogen) atoms. The fourth-order valence-electron chi connectivity index (χ4n) is 2.23. The quantitative estimate of drug-likeness (QED) is 0.848. The van der Waals surface area contributed by atoms with Crippen molar-refractivity contribution >= 4 is 5.95 Å². The third-order valence-electron chi connectivity index (χ3n) is 3.55. The molecule has 5 nitrogen and oxygen atoms in total. The highest BCUT2D eigenvalue weighted by Crippen LogP contribution is 2.31. The van der Waals surface area contributed by atoms with Gasteiger partial charge in [0.1, 0.15) is 11.8 Å². The summed E-state index contributed by atoms with van der Waals surface area (Å²) in [5.74, 6) is 1.10. The third-order valence-corrected chi connectivity index (χ3v) is 3.55. The lowest BCUT2D eigenvalue weighted by molar-refractivity contribution is 0.00487. The van der Waals surface area contributed by atoms with E-state index in [0.29, 0.717) is 24.1 Å². The van der Waals surface area contributed by atoms with Crippen molar-refractivity contribution in [3.05, 3.63) is 18.0 Å². The highest BCUT2D eigenvalue weighted by Gasteiger charge is 2.31. The summed E-state index contributed by atoms with van der Waals surface area (Å²) < 4.78 is 0. The number of rotatable bonds is 3. The second kappa shape index (κ2) is 5.32. The predicted octanol–water partition coefficient (Wildman–Crippen LogP) is 1.70. The Labute approximate surface area is 107 Å². The van der Waals surface area contributed by atoms with Crippen molar-refractivity contribution in [3.8, 4) is 6.07 Å². The summed E-state index contributed by atoms with van der Waals surface area (Å²) in [6, 6.07) is 3.52. The SMILES string of the molecule is CC1CCC(O)(CNc2nccc(C#N)n2)CC1. The summed E-state index contributed by atoms with van der Waals surface area (Å²) in [6.45, 7) is 2.65. The maximum atomic E-state index is 10.4. The molecule has 0 aliphatic heterocycles. The molecule has 0 aromatic carbocycles. The molecular weight excluding hydrogens is 228 g/mol. The zero-order valence-electron chi connectivity index (χ0n) is 10.6. The molecule has 0 amide bonds. The molecule has 1 fully saturated rings. The van der Waals surface area contributed by atoms with E-state index >= 15 is 0 Å². The molecule has 0 unspecified atom stereocenters. The molecule has 96 valence electrons. The number of nitriles is 1. The zero-order chi connectivity index (χ0) is 13.0. The molecule has 1 aliphatic carbocycles. The van der Waals surface area contributed by atoms with E-state index in [1.54, 1.807) is 12.3 Å². The molecule has 0 saturated heterocycles. The second-order valence-corrected chi connectivity index (χ2v) is 5.14. The van der Waals surface area contributed by atoms with Crippen LogP contribution in [-0.4, -0.2) is 27.2 Å². The maximum Gasteiger partial charge on any atom is 0.223 e. The number of aliphatic hydroxyl groups is 1. The Morgan fingerprint density at radius 2 is 2.28 bits per heavy atom. The molecule has 1 aromatic rings. The van der Waals surface area contributed by atoms with Crippen LogP contribution in [0.5, 0.6) is 0 Å². The van der Waals surface area contributed by atoms with Crippen molar-refractivity contribution in [2.75, 3.05) is 11.9 Å². The van der Waals surface area contributed by atoms with Gasteiger partial charge in [-0.05, 0) is 37.7 Å². The van der Waals surface area contributed by atoms with Crippen molar-refractivity contribution in [2.24, 2.45) is 5.92 Å². The van der Waals surface area contributed by atoms with Crippen LogP contribution in [0.25, 0.3) is 0 Å². The first kappa shape index (κ1) is 12.8. The summed E-state index contributed by atoms with van der Waals surface area (Å²) in [5, 5.41) is 22.2. The maximum absolute atomic E-state index is 10.4. The molecule has 0 atom stereocenters. The van der Waals surface area contributed by atoms with Crippen molar-refractivity contribution < 1.29 is 5.11 Å². The first-order valence-corrected chi connectivity index (χ1v) is 6.31. The highest BCUT2D eigenvalue weighted by molar-refractivity contribution is 5.30. The summed E-state index contributed by atoms with van der Waals surface area (Å²) in [6.07, 6.45) is 5.26. The van der Waals surface area contributed by atoms with E-state index < -0.39 is 5.60 Å². The molecule has 1 aromatic heterocycles. The molecule has 2 rings (SSSR count). The van der Waals surface area contributed by atoms with Crippen LogP contribution >= 0.6 is 0 Å². The van der Waals surface area contributed by atoms with Crippen LogP contribution in [0, 0.1) is 17.2 Å². The standard InChI is InChI=1S/C13H18N4O/c1-10-2-5-13(18,6-3-10)9-16-12-15-7-4-11(8-14)17-12/h4,7,10,18H,2-3,5-6,9H2,1H3,(H,15,16,17). The summed E-state index contributed by atoms with van der Waals surface area (Å²) in [7, 11) is 0. The smallest absolute Gasteiger partial charge is 0.223 e. The minimum absolute atomic E-state index is 0.330. The van der Waals surface area contributed by atoms with Crippen molar-refractivity contribution in [3.63, 3.8) is 0 Å². The van der Waals surface area contributed by atoms with Gasteiger partial charge in [0.25, 0.3) is 0 Å². The normalized spacial score (nSPS) is 27.5. The van der Waals surface area contributed by atoms with Crippen molar-refractivity contribution in [1.29, 1.82) is 5.26 Å². The molecule has 0 spiro atoms. The molecule has 1 saturated carbocycles. The van der Waals surface area contributed by atoms with Gasteiger partial charge in [-0.3, -0.25) is 0 Å². The Hall–Kier alpha value is -1.67. The first-order chi connectivity index (χ1) is 8.61. The summed E-state index contributed by atoms with van der Waals surface area (Å²) >= 11 is 0. The zero-order valence-corrected chi connectivity index (χ0v) is 10.6. The van der Waals surface area contributed by atoms with Gasteiger partial charge in [0.15, 0.2) is 0 Å². The monoisotopic (exact) mass is 246 g/mol. The Morgan fingerprint density at radius 3 is 2.94 bits per heavy atom. The van der Waals surface area contributed by atoms with E-state index in [0.717, 1.165) is 25.7 Å². The van der Waals surface area contributed by atoms with E-state index in [1.807, 2.05) is 6.07 Å². The number of hydrogen-bond donors (Lipinski definition) is 2. The average molecular weight is 246 g/mol. The first-order valence-electron chi connectivity index (χ1n) is 6.31. The van der Waals surface area contributed by atoms with E-state index in [4.69, 9.17) is 5.26 Å². The van der Waals surface area contributed by atoms with Crippen LogP contribution in [0.2, 0.25) is 0 Å². The van der Waals surface area contributed by atoms with Crippen molar-refractivity contribution in [1.82, 2.24) is 9.97 Å². The van der Waals surface area contributed by atoms with Gasteiger partial charge >= 0.3 is 0 Å². The minimum Gasteiger partial charge on any atom is -0.388 e. The number of hydrogen-bond acceptors (Lipinski definition) is 5. The van der Waals surface area contributed by atoms with Gasteiger partial charge in [-0.25, -0.2) is 9.97 Å². The van der Waals surface area contributed by atoms with Crippen LogP contribution in [0.3, 0.4) is 0 Å². The lowest BCUT2D eigenvalue weighted by Crippen LogP contribution is -2.40. The van der Waals surface area contributed by atoms with Gasteiger partial charge in [-0.15, -0.1) is 0 Å². The Balaban J connectivity index is 1.93. The van der Waals surface area contributed by atoms with Gasteiger partial charge < -0.3 is 10.4 Å². The molecule has 2 N–H and O–H groups in total. The van der Waals surface area contributed by atoms with E-state index in [2.05, 4.69) is 22.2 Å². The van der Waals surface area contributed by atoms with Crippen LogP contribution < -0.4 is 5.32 Å². The lowest BCUT2D eigenvalue weighted by atomic mass is 9.79.